The number of rotatable bonds is 5. The van der Waals surface area contributed by atoms with Crippen LogP contribution < -0.4 is 0 Å². The zero-order valence-electron chi connectivity index (χ0n) is 14.3. The van der Waals surface area contributed by atoms with Gasteiger partial charge in [0.05, 0.1) is 0 Å². The minimum atomic E-state index is -0.459. The highest BCUT2D eigenvalue weighted by atomic mass is 16.6. The molecule has 3 rings (SSSR count). The normalized spacial score (nSPS) is 28.3. The molecule has 0 N–H and O–H groups in total. The van der Waals surface area contributed by atoms with E-state index < -0.39 is 5.60 Å². The number of hydrogen-bond acceptors (Lipinski definition) is 3. The molecule has 0 spiro atoms. The number of carbonyl (C=O) groups is 1. The first-order chi connectivity index (χ1) is 10.9. The molecule has 4 heteroatoms. The summed E-state index contributed by atoms with van der Waals surface area (Å²) in [6.45, 7) is 10.2. The predicted octanol–water partition coefficient (Wildman–Crippen LogP) is 3.92. The maximum absolute atomic E-state index is 12.6. The van der Waals surface area contributed by atoms with Gasteiger partial charge in [0, 0.05) is 30.4 Å². The van der Waals surface area contributed by atoms with E-state index in [2.05, 4.69) is 23.7 Å². The van der Waals surface area contributed by atoms with Gasteiger partial charge in [0.25, 0.3) is 0 Å². The van der Waals surface area contributed by atoms with E-state index in [1.54, 1.807) is 0 Å². The highest BCUT2D eigenvalue weighted by Crippen LogP contribution is 2.69. The molecule has 0 saturated heterocycles. The Morgan fingerprint density at radius 1 is 1.43 bits per heavy atom. The van der Waals surface area contributed by atoms with Crippen LogP contribution in [0.3, 0.4) is 0 Å². The van der Waals surface area contributed by atoms with Crippen LogP contribution in [0.2, 0.25) is 0 Å². The quantitative estimate of drug-likeness (QED) is 0.774. The summed E-state index contributed by atoms with van der Waals surface area (Å²) in [4.78, 5) is 18.6. The third-order valence-electron chi connectivity index (χ3n) is 5.03. The van der Waals surface area contributed by atoms with E-state index in [1.807, 2.05) is 44.1 Å². The first-order valence-electron chi connectivity index (χ1n) is 8.38. The van der Waals surface area contributed by atoms with Crippen molar-refractivity contribution in [2.24, 2.45) is 5.92 Å². The van der Waals surface area contributed by atoms with Crippen molar-refractivity contribution in [3.63, 3.8) is 0 Å². The van der Waals surface area contributed by atoms with Gasteiger partial charge in [0.15, 0.2) is 0 Å². The fourth-order valence-corrected chi connectivity index (χ4v) is 3.83. The summed E-state index contributed by atoms with van der Waals surface area (Å²) in [7, 11) is 0. The Labute approximate surface area is 138 Å². The molecule has 0 aliphatic heterocycles. The Balaban J connectivity index is 1.69. The van der Waals surface area contributed by atoms with Gasteiger partial charge in [-0.15, -0.1) is 6.58 Å². The summed E-state index contributed by atoms with van der Waals surface area (Å²) in [6, 6.07) is 4.51. The highest BCUT2D eigenvalue weighted by Gasteiger charge is 2.69. The molecule has 2 saturated carbocycles. The fourth-order valence-electron chi connectivity index (χ4n) is 3.83. The van der Waals surface area contributed by atoms with E-state index in [9.17, 15) is 4.79 Å². The molecule has 2 aliphatic carbocycles. The Hall–Kier alpha value is -1.84. The van der Waals surface area contributed by atoms with Gasteiger partial charge < -0.3 is 9.64 Å². The molecule has 2 fully saturated rings. The van der Waals surface area contributed by atoms with Gasteiger partial charge in [-0.1, -0.05) is 6.08 Å². The smallest absolute Gasteiger partial charge is 0.410 e. The lowest BCUT2D eigenvalue weighted by atomic mass is 9.75. The molecule has 0 radical (unpaired) electrons. The molecular formula is C19H26N2O2. The number of hydrogen-bond donors (Lipinski definition) is 0. The standard InChI is InChI=1S/C19H26N2O2/c1-5-6-11-21(17(22)23-18(2,3)4)16-13-19(12-15(16)19)14-7-9-20-10-8-14/h5,7-10,15-16H,1,6,11-13H2,2-4H3. The molecule has 1 amide bonds. The maximum atomic E-state index is 12.6. The highest BCUT2D eigenvalue weighted by molar-refractivity contribution is 5.69. The zero-order valence-corrected chi connectivity index (χ0v) is 14.3. The molecule has 23 heavy (non-hydrogen) atoms. The van der Waals surface area contributed by atoms with Gasteiger partial charge in [0.2, 0.25) is 0 Å². The van der Waals surface area contributed by atoms with E-state index in [0.29, 0.717) is 12.5 Å². The zero-order chi connectivity index (χ0) is 16.7. The Morgan fingerprint density at radius 3 is 2.70 bits per heavy atom. The third-order valence-corrected chi connectivity index (χ3v) is 5.03. The van der Waals surface area contributed by atoms with Crippen molar-refractivity contribution in [1.29, 1.82) is 0 Å². The first-order valence-corrected chi connectivity index (χ1v) is 8.38. The Bertz CT molecular complexity index is 593. The van der Waals surface area contributed by atoms with E-state index >= 15 is 0 Å². The third kappa shape index (κ3) is 2.99. The summed E-state index contributed by atoms with van der Waals surface area (Å²) in [5, 5.41) is 0. The lowest BCUT2D eigenvalue weighted by Gasteiger charge is -2.42. The van der Waals surface area contributed by atoms with Crippen LogP contribution in [0.25, 0.3) is 0 Å². The number of ether oxygens (including phenoxy) is 1. The van der Waals surface area contributed by atoms with Crippen LogP contribution in [0.15, 0.2) is 37.2 Å². The number of fused-ring (bicyclic) bond motifs is 1. The van der Waals surface area contributed by atoms with Gasteiger partial charge in [-0.05, 0) is 63.6 Å². The molecular weight excluding hydrogens is 288 g/mol. The Morgan fingerprint density at radius 2 is 2.13 bits per heavy atom. The van der Waals surface area contributed by atoms with Crippen LogP contribution in [0.1, 0.15) is 45.6 Å². The monoisotopic (exact) mass is 314 g/mol. The summed E-state index contributed by atoms with van der Waals surface area (Å²) in [5.74, 6) is 0.558. The number of carbonyl (C=O) groups excluding carboxylic acids is 1. The van der Waals surface area contributed by atoms with Crippen molar-refractivity contribution in [1.82, 2.24) is 9.88 Å². The van der Waals surface area contributed by atoms with Crippen molar-refractivity contribution < 1.29 is 9.53 Å². The predicted molar refractivity (Wildman–Crippen MR) is 90.2 cm³/mol. The van der Waals surface area contributed by atoms with Gasteiger partial charge in [-0.2, -0.15) is 0 Å². The molecule has 4 nitrogen and oxygen atoms in total. The molecule has 0 aromatic carbocycles. The molecule has 3 unspecified atom stereocenters. The van der Waals surface area contributed by atoms with Gasteiger partial charge in [0.1, 0.15) is 5.60 Å². The fraction of sp³-hybridized carbons (Fsp3) is 0.579. The first kappa shape index (κ1) is 16.0. The van der Waals surface area contributed by atoms with Crippen molar-refractivity contribution in [3.8, 4) is 0 Å². The van der Waals surface area contributed by atoms with E-state index in [1.165, 1.54) is 5.56 Å². The van der Waals surface area contributed by atoms with E-state index in [4.69, 9.17) is 4.74 Å². The second kappa shape index (κ2) is 5.66. The molecule has 0 bridgehead atoms. The summed E-state index contributed by atoms with van der Waals surface area (Å²) in [6.07, 6.45) is 8.36. The van der Waals surface area contributed by atoms with Crippen LogP contribution in [0.4, 0.5) is 4.79 Å². The van der Waals surface area contributed by atoms with Gasteiger partial charge >= 0.3 is 6.09 Å². The average Bonchev–Trinajstić information content (AvgIpc) is 3.08. The van der Waals surface area contributed by atoms with Crippen molar-refractivity contribution in [2.75, 3.05) is 6.54 Å². The maximum Gasteiger partial charge on any atom is 0.410 e. The lowest BCUT2D eigenvalue weighted by Crippen LogP contribution is -2.52. The second-order valence-corrected chi connectivity index (χ2v) is 7.73. The van der Waals surface area contributed by atoms with Gasteiger partial charge in [-0.3, -0.25) is 4.98 Å². The summed E-state index contributed by atoms with van der Waals surface area (Å²) >= 11 is 0. The molecule has 124 valence electrons. The average molecular weight is 314 g/mol. The van der Waals surface area contributed by atoms with Crippen molar-refractivity contribution in [3.05, 3.63) is 42.7 Å². The lowest BCUT2D eigenvalue weighted by molar-refractivity contribution is 0.00300. The Kier molecular flexibility index (Phi) is 3.95. The molecule has 2 aliphatic rings. The van der Waals surface area contributed by atoms with Crippen LogP contribution >= 0.6 is 0 Å². The molecule has 1 heterocycles. The summed E-state index contributed by atoms with van der Waals surface area (Å²) in [5.41, 5.74) is 1.18. The molecule has 3 atom stereocenters. The second-order valence-electron chi connectivity index (χ2n) is 7.73. The SMILES string of the molecule is C=CCCN(C(=O)OC(C)(C)C)C1CC2(c3ccncc3)CC12. The van der Waals surface area contributed by atoms with E-state index in [-0.39, 0.29) is 17.6 Å². The number of amides is 1. The molecule has 1 aromatic rings. The summed E-state index contributed by atoms with van der Waals surface area (Å²) < 4.78 is 5.60. The molecule has 1 aromatic heterocycles. The minimum Gasteiger partial charge on any atom is -0.444 e. The van der Waals surface area contributed by atoms with Gasteiger partial charge in [-0.25, -0.2) is 4.79 Å². The van der Waals surface area contributed by atoms with Crippen LogP contribution in [0, 0.1) is 5.92 Å². The van der Waals surface area contributed by atoms with E-state index in [0.717, 1.165) is 19.3 Å². The van der Waals surface area contributed by atoms with Crippen molar-refractivity contribution >= 4 is 6.09 Å². The number of aromatic nitrogens is 1. The van der Waals surface area contributed by atoms with Crippen LogP contribution in [0.5, 0.6) is 0 Å². The largest absolute Gasteiger partial charge is 0.444 e. The van der Waals surface area contributed by atoms with Crippen molar-refractivity contribution in [2.45, 2.75) is 57.1 Å². The topological polar surface area (TPSA) is 42.4 Å². The van der Waals surface area contributed by atoms with Crippen LogP contribution in [-0.4, -0.2) is 34.2 Å². The minimum absolute atomic E-state index is 0.195. The number of pyridine rings is 1. The van der Waals surface area contributed by atoms with Crippen LogP contribution in [-0.2, 0) is 10.2 Å². The number of nitrogens with zero attached hydrogens (tertiary/aromatic N) is 2.